The van der Waals surface area contributed by atoms with E-state index in [2.05, 4.69) is 49.7 Å². The molecule has 0 radical (unpaired) electrons. The van der Waals surface area contributed by atoms with Crippen LogP contribution in [-0.4, -0.2) is 47.4 Å². The van der Waals surface area contributed by atoms with Crippen LogP contribution >= 0.6 is 0 Å². The van der Waals surface area contributed by atoms with Gasteiger partial charge in [-0.05, 0) is 29.8 Å². The molecule has 0 spiro atoms. The number of hydrogen-bond donors (Lipinski definition) is 2. The molecule has 2 aliphatic rings. The van der Waals surface area contributed by atoms with Crippen molar-refractivity contribution in [2.75, 3.05) is 36.5 Å². The molecular weight excluding hydrogens is 354 g/mol. The van der Waals surface area contributed by atoms with Gasteiger partial charge in [0.05, 0.1) is 24.6 Å². The van der Waals surface area contributed by atoms with E-state index < -0.39 is 0 Å². The molecule has 1 unspecified atom stereocenters. The Morgan fingerprint density at radius 3 is 2.64 bits per heavy atom. The van der Waals surface area contributed by atoms with Crippen molar-refractivity contribution >= 4 is 17.4 Å². The predicted octanol–water partition coefficient (Wildman–Crippen LogP) is 2.78. The first-order chi connectivity index (χ1) is 13.8. The quantitative estimate of drug-likeness (QED) is 0.736. The third-order valence-corrected chi connectivity index (χ3v) is 5.39. The van der Waals surface area contributed by atoms with E-state index in [0.717, 1.165) is 48.8 Å². The Kier molecular flexibility index (Phi) is 4.29. The summed E-state index contributed by atoms with van der Waals surface area (Å²) in [6.07, 6.45) is 2.15. The number of pyridine rings is 1. The van der Waals surface area contributed by atoms with Crippen molar-refractivity contribution in [3.8, 4) is 11.4 Å². The molecule has 1 atom stereocenters. The molecule has 142 valence electrons. The Hall–Kier alpha value is -3.19. The largest absolute Gasteiger partial charge is 0.378 e. The zero-order valence-corrected chi connectivity index (χ0v) is 15.4. The number of carbonyl (C=O) groups is 1. The molecule has 0 saturated carbocycles. The smallest absolute Gasteiger partial charge is 0.226 e. The number of ether oxygens (including phenoxy) is 1. The lowest BCUT2D eigenvalue weighted by Gasteiger charge is -2.29. The molecule has 7 nitrogen and oxygen atoms in total. The summed E-state index contributed by atoms with van der Waals surface area (Å²) >= 11 is 0. The summed E-state index contributed by atoms with van der Waals surface area (Å²) in [7, 11) is 0. The van der Waals surface area contributed by atoms with Crippen LogP contribution in [0.5, 0.6) is 0 Å². The summed E-state index contributed by atoms with van der Waals surface area (Å²) in [6, 6.07) is 14.3. The lowest BCUT2D eigenvalue weighted by Crippen LogP contribution is -2.36. The Bertz CT molecular complexity index is 978. The van der Waals surface area contributed by atoms with Crippen LogP contribution in [0.3, 0.4) is 0 Å². The summed E-state index contributed by atoms with van der Waals surface area (Å²) in [4.78, 5) is 19.0. The average molecular weight is 375 g/mol. The second-order valence-electron chi connectivity index (χ2n) is 7.07. The van der Waals surface area contributed by atoms with Gasteiger partial charge in [-0.2, -0.15) is 5.10 Å². The van der Waals surface area contributed by atoms with Crippen molar-refractivity contribution in [3.05, 3.63) is 59.8 Å². The van der Waals surface area contributed by atoms with Gasteiger partial charge >= 0.3 is 0 Å². The van der Waals surface area contributed by atoms with Crippen LogP contribution in [0.2, 0.25) is 0 Å². The fourth-order valence-electron chi connectivity index (χ4n) is 3.99. The fraction of sp³-hybridized carbons (Fsp3) is 0.286. The van der Waals surface area contributed by atoms with E-state index in [1.807, 2.05) is 18.2 Å². The zero-order valence-electron chi connectivity index (χ0n) is 15.4. The highest BCUT2D eigenvalue weighted by molar-refractivity contribution is 5.95. The van der Waals surface area contributed by atoms with Gasteiger partial charge in [-0.1, -0.05) is 18.2 Å². The minimum Gasteiger partial charge on any atom is -0.378 e. The van der Waals surface area contributed by atoms with Gasteiger partial charge in [0.2, 0.25) is 5.91 Å². The summed E-state index contributed by atoms with van der Waals surface area (Å²) in [6.45, 7) is 3.33. The van der Waals surface area contributed by atoms with Crippen molar-refractivity contribution in [2.45, 2.75) is 12.3 Å². The van der Waals surface area contributed by atoms with Gasteiger partial charge in [-0.25, -0.2) is 0 Å². The van der Waals surface area contributed by atoms with Crippen molar-refractivity contribution < 1.29 is 9.53 Å². The van der Waals surface area contributed by atoms with E-state index in [9.17, 15) is 4.79 Å². The first kappa shape index (κ1) is 16.9. The number of carbonyl (C=O) groups excluding carboxylic acids is 1. The third kappa shape index (κ3) is 3.03. The highest BCUT2D eigenvalue weighted by Crippen LogP contribution is 2.41. The lowest BCUT2D eigenvalue weighted by molar-refractivity contribution is -0.116. The van der Waals surface area contributed by atoms with E-state index in [1.54, 1.807) is 6.20 Å². The maximum absolute atomic E-state index is 12.3. The van der Waals surface area contributed by atoms with E-state index in [0.29, 0.717) is 12.2 Å². The maximum atomic E-state index is 12.3. The summed E-state index contributed by atoms with van der Waals surface area (Å²) in [5.41, 5.74) is 4.97. The molecule has 1 amide bonds. The van der Waals surface area contributed by atoms with E-state index in [-0.39, 0.29) is 11.8 Å². The molecule has 2 aromatic heterocycles. The second kappa shape index (κ2) is 7.09. The van der Waals surface area contributed by atoms with Crippen LogP contribution in [-0.2, 0) is 9.53 Å². The topological polar surface area (TPSA) is 83.1 Å². The molecule has 0 bridgehead atoms. The van der Waals surface area contributed by atoms with E-state index >= 15 is 0 Å². The number of rotatable bonds is 3. The number of amides is 1. The van der Waals surface area contributed by atoms with Gasteiger partial charge in [-0.15, -0.1) is 0 Å². The van der Waals surface area contributed by atoms with E-state index in [1.165, 1.54) is 5.69 Å². The summed E-state index contributed by atoms with van der Waals surface area (Å²) < 4.78 is 5.43. The van der Waals surface area contributed by atoms with Gasteiger partial charge < -0.3 is 15.0 Å². The minimum atomic E-state index is -0.0572. The Morgan fingerprint density at radius 1 is 1.07 bits per heavy atom. The lowest BCUT2D eigenvalue weighted by atomic mass is 9.85. The normalized spacial score (nSPS) is 19.2. The number of hydrogen-bond acceptors (Lipinski definition) is 5. The molecule has 2 N–H and O–H groups in total. The number of nitrogens with one attached hydrogen (secondary N) is 2. The van der Waals surface area contributed by atoms with Crippen LogP contribution < -0.4 is 10.2 Å². The van der Waals surface area contributed by atoms with Crippen LogP contribution in [0.4, 0.5) is 11.5 Å². The molecule has 1 saturated heterocycles. The Balaban J connectivity index is 1.51. The van der Waals surface area contributed by atoms with Gasteiger partial charge in [0, 0.05) is 42.9 Å². The fourth-order valence-corrected chi connectivity index (χ4v) is 3.99. The summed E-state index contributed by atoms with van der Waals surface area (Å²) in [5, 5.41) is 10.3. The number of morpholine rings is 1. The van der Waals surface area contributed by atoms with Crippen LogP contribution in [0.1, 0.15) is 23.5 Å². The standard InChI is InChI=1S/C21H21N5O2/c27-18-13-16(14-4-6-15(7-5-14)26-9-11-28-12-10-26)19-20(24-25-21(19)23-18)17-3-1-2-8-22-17/h1-8,16H,9-13H2,(H2,23,24,25,27). The highest BCUT2D eigenvalue weighted by Gasteiger charge is 2.32. The van der Waals surface area contributed by atoms with Crippen molar-refractivity contribution in [1.82, 2.24) is 15.2 Å². The molecule has 4 heterocycles. The Morgan fingerprint density at radius 2 is 1.89 bits per heavy atom. The minimum absolute atomic E-state index is 0.0196. The van der Waals surface area contributed by atoms with Gasteiger partial charge in [0.25, 0.3) is 0 Å². The van der Waals surface area contributed by atoms with Crippen LogP contribution in [0, 0.1) is 0 Å². The van der Waals surface area contributed by atoms with Crippen molar-refractivity contribution in [1.29, 1.82) is 0 Å². The van der Waals surface area contributed by atoms with Crippen LogP contribution in [0.15, 0.2) is 48.7 Å². The molecular formula is C21H21N5O2. The SMILES string of the molecule is O=C1CC(c2ccc(N3CCOCC3)cc2)c2c(n[nH]c2-c2ccccn2)N1. The maximum Gasteiger partial charge on any atom is 0.226 e. The average Bonchev–Trinajstić information content (AvgIpc) is 3.18. The number of aromatic amines is 1. The Labute approximate surface area is 162 Å². The number of anilines is 2. The first-order valence-corrected chi connectivity index (χ1v) is 9.52. The first-order valence-electron chi connectivity index (χ1n) is 9.52. The number of benzene rings is 1. The van der Waals surface area contributed by atoms with Crippen LogP contribution in [0.25, 0.3) is 11.4 Å². The monoisotopic (exact) mass is 375 g/mol. The molecule has 3 aromatic rings. The molecule has 28 heavy (non-hydrogen) atoms. The number of H-pyrrole nitrogens is 1. The predicted molar refractivity (Wildman–Crippen MR) is 106 cm³/mol. The molecule has 2 aliphatic heterocycles. The van der Waals surface area contributed by atoms with E-state index in [4.69, 9.17) is 4.74 Å². The van der Waals surface area contributed by atoms with Crippen molar-refractivity contribution in [3.63, 3.8) is 0 Å². The molecule has 1 fully saturated rings. The molecule has 1 aromatic carbocycles. The van der Waals surface area contributed by atoms with Gasteiger partial charge in [-0.3, -0.25) is 14.9 Å². The summed E-state index contributed by atoms with van der Waals surface area (Å²) in [5.74, 6) is 0.520. The zero-order chi connectivity index (χ0) is 18.9. The molecule has 7 heteroatoms. The highest BCUT2D eigenvalue weighted by atomic mass is 16.5. The van der Waals surface area contributed by atoms with Crippen molar-refractivity contribution in [2.24, 2.45) is 0 Å². The molecule has 0 aliphatic carbocycles. The van der Waals surface area contributed by atoms with Gasteiger partial charge in [0.1, 0.15) is 0 Å². The number of aromatic nitrogens is 3. The molecule has 5 rings (SSSR count). The van der Waals surface area contributed by atoms with Gasteiger partial charge in [0.15, 0.2) is 5.82 Å². The second-order valence-corrected chi connectivity index (χ2v) is 7.07. The number of fused-ring (bicyclic) bond motifs is 1. The number of nitrogens with zero attached hydrogens (tertiary/aromatic N) is 3. The third-order valence-electron chi connectivity index (χ3n) is 5.39.